The van der Waals surface area contributed by atoms with E-state index in [1.54, 1.807) is 42.5 Å². The molecule has 1 fully saturated rings. The first-order chi connectivity index (χ1) is 16.9. The Balaban J connectivity index is 1.63. The van der Waals surface area contributed by atoms with Crippen LogP contribution in [0.3, 0.4) is 0 Å². The smallest absolute Gasteiger partial charge is 0.335 e. The van der Waals surface area contributed by atoms with E-state index in [0.29, 0.717) is 39.2 Å². The molecule has 0 aromatic heterocycles. The predicted molar refractivity (Wildman–Crippen MR) is 138 cm³/mol. The van der Waals surface area contributed by atoms with Crippen molar-refractivity contribution < 1.29 is 23.8 Å². The van der Waals surface area contributed by atoms with Crippen LogP contribution in [0.25, 0.3) is 6.08 Å². The second-order valence-electron chi connectivity index (χ2n) is 7.47. The molecule has 1 saturated heterocycles. The van der Waals surface area contributed by atoms with Crippen LogP contribution in [0.5, 0.6) is 5.75 Å². The molecule has 178 valence electrons. The van der Waals surface area contributed by atoms with Gasteiger partial charge in [-0.05, 0) is 67.2 Å². The number of nitrogens with zero attached hydrogens (tertiary/aromatic N) is 2. The third-order valence-corrected chi connectivity index (χ3v) is 6.62. The topological polar surface area (TPSA) is 79.2 Å². The number of ether oxygens (including phenoxy) is 1. The van der Waals surface area contributed by atoms with Gasteiger partial charge in [0.15, 0.2) is 5.17 Å². The lowest BCUT2D eigenvalue weighted by Gasteiger charge is -2.12. The highest BCUT2D eigenvalue weighted by molar-refractivity contribution is 9.10. The fourth-order valence-corrected chi connectivity index (χ4v) is 4.80. The average Bonchev–Trinajstić information content (AvgIpc) is 3.13. The van der Waals surface area contributed by atoms with Gasteiger partial charge in [-0.25, -0.2) is 14.2 Å². The molecule has 0 atom stereocenters. The van der Waals surface area contributed by atoms with Gasteiger partial charge in [0, 0.05) is 22.1 Å². The number of hydrogen-bond acceptors (Lipinski definition) is 5. The SMILES string of the molecule is CCN1C(=O)C(=Cc2cc(Br)ccc2OCc2ccccc2F)SC1=Nc1cccc(C(=O)O)c1. The molecule has 1 aliphatic heterocycles. The highest BCUT2D eigenvalue weighted by Crippen LogP contribution is 2.36. The first-order valence-electron chi connectivity index (χ1n) is 10.6. The van der Waals surface area contributed by atoms with E-state index >= 15 is 0 Å². The Morgan fingerprint density at radius 3 is 2.71 bits per heavy atom. The minimum absolute atomic E-state index is 0.0410. The van der Waals surface area contributed by atoms with Gasteiger partial charge in [-0.15, -0.1) is 0 Å². The molecule has 1 N–H and O–H groups in total. The number of carboxylic acids is 1. The van der Waals surface area contributed by atoms with Crippen LogP contribution in [-0.2, 0) is 11.4 Å². The summed E-state index contributed by atoms with van der Waals surface area (Å²) in [6, 6.07) is 18.0. The Morgan fingerprint density at radius 2 is 1.97 bits per heavy atom. The summed E-state index contributed by atoms with van der Waals surface area (Å²) >= 11 is 4.65. The van der Waals surface area contributed by atoms with Crippen LogP contribution in [0.4, 0.5) is 10.1 Å². The van der Waals surface area contributed by atoms with Crippen molar-refractivity contribution in [2.45, 2.75) is 13.5 Å². The average molecular weight is 555 g/mol. The van der Waals surface area contributed by atoms with Crippen LogP contribution in [-0.4, -0.2) is 33.6 Å². The zero-order chi connectivity index (χ0) is 24.9. The number of carbonyl (C=O) groups excluding carboxylic acids is 1. The monoisotopic (exact) mass is 554 g/mol. The van der Waals surface area contributed by atoms with E-state index in [0.717, 1.165) is 4.47 Å². The summed E-state index contributed by atoms with van der Waals surface area (Å²) in [7, 11) is 0. The Kier molecular flexibility index (Phi) is 7.67. The fourth-order valence-electron chi connectivity index (χ4n) is 3.36. The number of amidine groups is 1. The highest BCUT2D eigenvalue weighted by Gasteiger charge is 2.32. The number of amides is 1. The summed E-state index contributed by atoms with van der Waals surface area (Å²) in [5.41, 5.74) is 1.63. The molecule has 0 bridgehead atoms. The minimum Gasteiger partial charge on any atom is -0.488 e. The molecule has 0 aliphatic carbocycles. The number of thioether (sulfide) groups is 1. The summed E-state index contributed by atoms with van der Waals surface area (Å²) in [4.78, 5) is 30.9. The van der Waals surface area contributed by atoms with E-state index in [-0.39, 0.29) is 23.9 Å². The third kappa shape index (κ3) is 5.80. The molecule has 1 aliphatic rings. The second kappa shape index (κ2) is 10.9. The maximum absolute atomic E-state index is 14.0. The highest BCUT2D eigenvalue weighted by atomic mass is 79.9. The molecule has 4 rings (SSSR count). The van der Waals surface area contributed by atoms with Crippen molar-refractivity contribution in [1.82, 2.24) is 4.90 Å². The van der Waals surface area contributed by atoms with Gasteiger partial charge in [0.1, 0.15) is 18.2 Å². The number of likely N-dealkylation sites (N-methyl/N-ethyl adjacent to an activating group) is 1. The van der Waals surface area contributed by atoms with E-state index < -0.39 is 5.97 Å². The lowest BCUT2D eigenvalue weighted by Crippen LogP contribution is -2.28. The normalized spacial score (nSPS) is 15.7. The molecular weight excluding hydrogens is 535 g/mol. The summed E-state index contributed by atoms with van der Waals surface area (Å²) < 4.78 is 20.7. The van der Waals surface area contributed by atoms with E-state index in [1.807, 2.05) is 19.1 Å². The van der Waals surface area contributed by atoms with E-state index in [2.05, 4.69) is 20.9 Å². The molecule has 0 unspecified atom stereocenters. The summed E-state index contributed by atoms with van der Waals surface area (Å²) in [6.07, 6.45) is 1.72. The Bertz CT molecular complexity index is 1360. The zero-order valence-corrected chi connectivity index (χ0v) is 21.0. The summed E-state index contributed by atoms with van der Waals surface area (Å²) in [5, 5.41) is 9.69. The van der Waals surface area contributed by atoms with Crippen LogP contribution in [0.1, 0.15) is 28.4 Å². The maximum Gasteiger partial charge on any atom is 0.335 e. The molecule has 35 heavy (non-hydrogen) atoms. The number of rotatable bonds is 7. The lowest BCUT2D eigenvalue weighted by atomic mass is 10.1. The third-order valence-electron chi connectivity index (χ3n) is 5.12. The van der Waals surface area contributed by atoms with Crippen molar-refractivity contribution >= 4 is 56.5 Å². The Labute approximate surface area is 214 Å². The minimum atomic E-state index is -1.05. The van der Waals surface area contributed by atoms with Crippen molar-refractivity contribution in [3.8, 4) is 5.75 Å². The van der Waals surface area contributed by atoms with Gasteiger partial charge in [-0.3, -0.25) is 9.69 Å². The standard InChI is InChI=1S/C26H20BrFN2O4S/c1-2-30-24(31)23(35-26(30)29-20-8-5-7-16(13-20)25(32)33)14-18-12-19(27)10-11-22(18)34-15-17-6-3-4-9-21(17)28/h3-14H,2,15H2,1H3,(H,32,33). The van der Waals surface area contributed by atoms with Crippen molar-refractivity contribution in [3.05, 3.63) is 98.6 Å². The van der Waals surface area contributed by atoms with Gasteiger partial charge in [0.2, 0.25) is 0 Å². The van der Waals surface area contributed by atoms with Gasteiger partial charge in [-0.1, -0.05) is 40.2 Å². The molecule has 9 heteroatoms. The summed E-state index contributed by atoms with van der Waals surface area (Å²) in [5.74, 6) is -1.12. The predicted octanol–water partition coefficient (Wildman–Crippen LogP) is 6.49. The van der Waals surface area contributed by atoms with Crippen molar-refractivity contribution in [2.24, 2.45) is 4.99 Å². The Morgan fingerprint density at radius 1 is 1.17 bits per heavy atom. The summed E-state index contributed by atoms with van der Waals surface area (Å²) in [6.45, 7) is 2.28. The van der Waals surface area contributed by atoms with Gasteiger partial charge < -0.3 is 9.84 Å². The fraction of sp³-hybridized carbons (Fsp3) is 0.115. The van der Waals surface area contributed by atoms with Gasteiger partial charge in [0.25, 0.3) is 5.91 Å². The van der Waals surface area contributed by atoms with Gasteiger partial charge in [0.05, 0.1) is 16.2 Å². The number of hydrogen-bond donors (Lipinski definition) is 1. The van der Waals surface area contributed by atoms with E-state index in [9.17, 15) is 19.1 Å². The zero-order valence-electron chi connectivity index (χ0n) is 18.6. The van der Waals surface area contributed by atoms with Crippen LogP contribution < -0.4 is 4.74 Å². The number of carbonyl (C=O) groups is 2. The van der Waals surface area contributed by atoms with Crippen molar-refractivity contribution in [3.63, 3.8) is 0 Å². The quantitative estimate of drug-likeness (QED) is 0.337. The molecule has 1 heterocycles. The maximum atomic E-state index is 14.0. The van der Waals surface area contributed by atoms with Crippen molar-refractivity contribution in [1.29, 1.82) is 0 Å². The molecule has 0 radical (unpaired) electrons. The molecule has 6 nitrogen and oxygen atoms in total. The molecule has 0 spiro atoms. The van der Waals surface area contributed by atoms with Crippen LogP contribution in [0.2, 0.25) is 0 Å². The molecule has 3 aromatic rings. The molecule has 0 saturated carbocycles. The lowest BCUT2D eigenvalue weighted by molar-refractivity contribution is -0.122. The number of aromatic carboxylic acids is 1. The van der Waals surface area contributed by atoms with Gasteiger partial charge in [-0.2, -0.15) is 0 Å². The number of benzene rings is 3. The Hall–Kier alpha value is -3.43. The largest absolute Gasteiger partial charge is 0.488 e. The van der Waals surface area contributed by atoms with Crippen molar-refractivity contribution in [2.75, 3.05) is 6.54 Å². The molecular formula is C26H20BrFN2O4S. The van der Waals surface area contributed by atoms with Crippen LogP contribution in [0, 0.1) is 5.82 Å². The number of carboxylic acid groups (broad SMARTS) is 1. The number of halogens is 2. The van der Waals surface area contributed by atoms with E-state index in [1.165, 1.54) is 34.9 Å². The van der Waals surface area contributed by atoms with Crippen LogP contribution >= 0.6 is 27.7 Å². The van der Waals surface area contributed by atoms with Gasteiger partial charge >= 0.3 is 5.97 Å². The molecule has 3 aromatic carbocycles. The first-order valence-corrected chi connectivity index (χ1v) is 12.3. The number of aliphatic imine (C=N–C) groups is 1. The second-order valence-corrected chi connectivity index (χ2v) is 9.40. The first kappa shape index (κ1) is 24.7. The molecule has 1 amide bonds. The van der Waals surface area contributed by atoms with Crippen LogP contribution in [0.15, 0.2) is 81.1 Å². The van der Waals surface area contributed by atoms with E-state index in [4.69, 9.17) is 4.74 Å².